The summed E-state index contributed by atoms with van der Waals surface area (Å²) >= 11 is 0. The van der Waals surface area contributed by atoms with Crippen molar-refractivity contribution in [3.8, 4) is 0 Å². The van der Waals surface area contributed by atoms with Gasteiger partial charge < -0.3 is 9.47 Å². The molecule has 2 rings (SSSR count). The predicted octanol–water partition coefficient (Wildman–Crippen LogP) is 2.33. The van der Waals surface area contributed by atoms with Gasteiger partial charge in [-0.3, -0.25) is 0 Å². The van der Waals surface area contributed by atoms with E-state index in [1.54, 1.807) is 0 Å². The van der Waals surface area contributed by atoms with Crippen LogP contribution >= 0.6 is 0 Å². The van der Waals surface area contributed by atoms with E-state index in [-0.39, 0.29) is 11.9 Å². The topological polar surface area (TPSA) is 18.5 Å². The number of hydrogen-bond donors (Lipinski definition) is 0. The fourth-order valence-corrected chi connectivity index (χ4v) is 2.19. The van der Waals surface area contributed by atoms with E-state index in [0.29, 0.717) is 6.10 Å². The van der Waals surface area contributed by atoms with Gasteiger partial charge >= 0.3 is 0 Å². The van der Waals surface area contributed by atoms with Gasteiger partial charge in [-0.25, -0.2) is 0 Å². The molecule has 2 saturated heterocycles. The first-order chi connectivity index (χ1) is 5.58. The van der Waals surface area contributed by atoms with E-state index < -0.39 is 0 Å². The van der Waals surface area contributed by atoms with E-state index >= 15 is 0 Å². The zero-order chi connectivity index (χ0) is 8.77. The Labute approximate surface area is 74.2 Å². The normalized spacial score (nSPS) is 45.8. The Morgan fingerprint density at radius 2 is 2.00 bits per heavy atom. The molecule has 2 nitrogen and oxygen atoms in total. The fraction of sp³-hybridized carbons (Fsp3) is 1.00. The molecular formula is C10H18O2. The lowest BCUT2D eigenvalue weighted by Gasteiger charge is -2.26. The van der Waals surface area contributed by atoms with Crippen molar-refractivity contribution in [1.29, 1.82) is 0 Å². The molecular weight excluding hydrogens is 152 g/mol. The molecule has 2 fully saturated rings. The second kappa shape index (κ2) is 2.71. The summed E-state index contributed by atoms with van der Waals surface area (Å²) < 4.78 is 11.6. The number of ether oxygens (including phenoxy) is 2. The molecule has 3 atom stereocenters. The van der Waals surface area contributed by atoms with Gasteiger partial charge in [0.05, 0.1) is 11.7 Å². The molecule has 0 radical (unpaired) electrons. The first-order valence-electron chi connectivity index (χ1n) is 4.91. The summed E-state index contributed by atoms with van der Waals surface area (Å²) in [5.74, 6) is 0.760. The minimum atomic E-state index is -0.0508. The summed E-state index contributed by atoms with van der Waals surface area (Å²) in [6, 6.07) is 0. The Balaban J connectivity index is 2.10. The van der Waals surface area contributed by atoms with Crippen LogP contribution in [0.5, 0.6) is 0 Å². The van der Waals surface area contributed by atoms with Crippen molar-refractivity contribution in [3.05, 3.63) is 0 Å². The molecule has 0 N–H and O–H groups in total. The molecule has 0 aliphatic carbocycles. The highest BCUT2D eigenvalue weighted by molar-refractivity contribution is 4.89. The molecule has 2 heteroatoms. The zero-order valence-electron chi connectivity index (χ0n) is 8.17. The minimum absolute atomic E-state index is 0.0508. The average molecular weight is 170 g/mol. The Bertz CT molecular complexity index is 177. The van der Waals surface area contributed by atoms with Crippen molar-refractivity contribution in [1.82, 2.24) is 0 Å². The Morgan fingerprint density at radius 1 is 1.25 bits per heavy atom. The molecule has 0 saturated carbocycles. The van der Waals surface area contributed by atoms with Crippen LogP contribution in [0.15, 0.2) is 0 Å². The van der Waals surface area contributed by atoms with Crippen LogP contribution in [0.4, 0.5) is 0 Å². The summed E-state index contributed by atoms with van der Waals surface area (Å²) in [5, 5.41) is 0. The van der Waals surface area contributed by atoms with E-state index in [9.17, 15) is 0 Å². The van der Waals surface area contributed by atoms with Crippen molar-refractivity contribution in [2.24, 2.45) is 5.92 Å². The van der Waals surface area contributed by atoms with E-state index in [1.165, 1.54) is 6.42 Å². The number of hydrogen-bond acceptors (Lipinski definition) is 2. The SMILES string of the molecule is CC1CCC2OC(C1)OC2(C)C. The maximum Gasteiger partial charge on any atom is 0.159 e. The van der Waals surface area contributed by atoms with Gasteiger partial charge in [0, 0.05) is 6.42 Å². The van der Waals surface area contributed by atoms with Crippen LogP contribution in [-0.4, -0.2) is 18.0 Å². The van der Waals surface area contributed by atoms with Crippen LogP contribution in [0.25, 0.3) is 0 Å². The predicted molar refractivity (Wildman–Crippen MR) is 46.8 cm³/mol. The van der Waals surface area contributed by atoms with Crippen LogP contribution in [0.1, 0.15) is 40.0 Å². The highest BCUT2D eigenvalue weighted by Gasteiger charge is 2.44. The minimum Gasteiger partial charge on any atom is -0.346 e. The molecule has 3 unspecified atom stereocenters. The monoisotopic (exact) mass is 170 g/mol. The Kier molecular flexibility index (Phi) is 1.92. The molecule has 0 aromatic rings. The molecule has 2 aliphatic heterocycles. The van der Waals surface area contributed by atoms with E-state index in [4.69, 9.17) is 9.47 Å². The zero-order valence-corrected chi connectivity index (χ0v) is 8.17. The summed E-state index contributed by atoms with van der Waals surface area (Å²) in [5.41, 5.74) is -0.0508. The van der Waals surface area contributed by atoms with Crippen LogP contribution in [0, 0.1) is 5.92 Å². The van der Waals surface area contributed by atoms with Gasteiger partial charge in [0.15, 0.2) is 6.29 Å². The van der Waals surface area contributed by atoms with Crippen molar-refractivity contribution >= 4 is 0 Å². The second-order valence-electron chi connectivity index (χ2n) is 4.69. The highest BCUT2D eigenvalue weighted by Crippen LogP contribution is 2.38. The van der Waals surface area contributed by atoms with Gasteiger partial charge in [0.25, 0.3) is 0 Å². The van der Waals surface area contributed by atoms with Gasteiger partial charge in [-0.15, -0.1) is 0 Å². The van der Waals surface area contributed by atoms with Gasteiger partial charge in [0.2, 0.25) is 0 Å². The summed E-state index contributed by atoms with van der Waals surface area (Å²) in [6.07, 6.45) is 3.91. The Morgan fingerprint density at radius 3 is 2.75 bits per heavy atom. The summed E-state index contributed by atoms with van der Waals surface area (Å²) in [7, 11) is 0. The standard InChI is InChI=1S/C10H18O2/c1-7-4-5-8-10(2,3)12-9(6-7)11-8/h7-9H,4-6H2,1-3H3. The van der Waals surface area contributed by atoms with Crippen LogP contribution in [0.3, 0.4) is 0 Å². The van der Waals surface area contributed by atoms with Crippen LogP contribution in [0.2, 0.25) is 0 Å². The van der Waals surface area contributed by atoms with Gasteiger partial charge in [-0.05, 0) is 32.6 Å². The molecule has 2 aliphatic rings. The van der Waals surface area contributed by atoms with E-state index in [2.05, 4.69) is 20.8 Å². The third-order valence-corrected chi connectivity index (χ3v) is 3.04. The van der Waals surface area contributed by atoms with Crippen LogP contribution in [-0.2, 0) is 9.47 Å². The molecule has 70 valence electrons. The lowest BCUT2D eigenvalue weighted by atomic mass is 9.92. The quantitative estimate of drug-likeness (QED) is 0.555. The van der Waals surface area contributed by atoms with Crippen molar-refractivity contribution < 1.29 is 9.47 Å². The highest BCUT2D eigenvalue weighted by atomic mass is 16.7. The lowest BCUT2D eigenvalue weighted by Crippen LogP contribution is -2.33. The second-order valence-corrected chi connectivity index (χ2v) is 4.69. The van der Waals surface area contributed by atoms with E-state index in [0.717, 1.165) is 18.8 Å². The molecule has 2 bridgehead atoms. The number of rotatable bonds is 0. The first kappa shape index (κ1) is 8.52. The summed E-state index contributed by atoms with van der Waals surface area (Å²) in [4.78, 5) is 0. The third-order valence-electron chi connectivity index (χ3n) is 3.04. The largest absolute Gasteiger partial charge is 0.346 e. The summed E-state index contributed by atoms with van der Waals surface area (Å²) in [6.45, 7) is 6.54. The molecule has 2 heterocycles. The van der Waals surface area contributed by atoms with Gasteiger partial charge in [-0.2, -0.15) is 0 Å². The molecule has 0 aromatic heterocycles. The van der Waals surface area contributed by atoms with E-state index in [1.807, 2.05) is 0 Å². The maximum atomic E-state index is 5.80. The van der Waals surface area contributed by atoms with Gasteiger partial charge in [0.1, 0.15) is 0 Å². The first-order valence-corrected chi connectivity index (χ1v) is 4.91. The molecule has 0 spiro atoms. The van der Waals surface area contributed by atoms with Crippen LogP contribution < -0.4 is 0 Å². The molecule has 0 aromatic carbocycles. The molecule has 12 heavy (non-hydrogen) atoms. The lowest BCUT2D eigenvalue weighted by molar-refractivity contribution is -0.0882. The number of fused-ring (bicyclic) bond motifs is 2. The van der Waals surface area contributed by atoms with Crippen molar-refractivity contribution in [2.75, 3.05) is 0 Å². The smallest absolute Gasteiger partial charge is 0.159 e. The Hall–Kier alpha value is -0.0800. The molecule has 0 amide bonds. The van der Waals surface area contributed by atoms with Crippen molar-refractivity contribution in [3.63, 3.8) is 0 Å². The van der Waals surface area contributed by atoms with Crippen molar-refractivity contribution in [2.45, 2.75) is 58.0 Å². The third kappa shape index (κ3) is 1.38. The van der Waals surface area contributed by atoms with Gasteiger partial charge in [-0.1, -0.05) is 6.92 Å². The maximum absolute atomic E-state index is 5.80. The fourth-order valence-electron chi connectivity index (χ4n) is 2.19. The average Bonchev–Trinajstić information content (AvgIpc) is 2.14.